The van der Waals surface area contributed by atoms with Crippen LogP contribution in [0.25, 0.3) is 11.1 Å². The summed E-state index contributed by atoms with van der Waals surface area (Å²) in [7, 11) is 0. The lowest BCUT2D eigenvalue weighted by Gasteiger charge is -2.24. The van der Waals surface area contributed by atoms with Crippen molar-refractivity contribution in [2.75, 3.05) is 0 Å². The van der Waals surface area contributed by atoms with Gasteiger partial charge in [-0.3, -0.25) is 0 Å². The monoisotopic (exact) mass is 356 g/mol. The van der Waals surface area contributed by atoms with E-state index in [2.05, 4.69) is 25.9 Å². The first-order chi connectivity index (χ1) is 9.16. The van der Waals surface area contributed by atoms with Gasteiger partial charge in [-0.15, -0.1) is 0 Å². The second-order valence-electron chi connectivity index (χ2n) is 4.65. The van der Waals surface area contributed by atoms with Crippen LogP contribution in [0.3, 0.4) is 0 Å². The molecule has 1 aliphatic rings. The molecule has 5 heteroatoms. The quantitative estimate of drug-likeness (QED) is 0.665. The molecular formula is C14H11BrCl2N2. The van der Waals surface area contributed by atoms with Crippen LogP contribution in [-0.4, -0.2) is 9.97 Å². The highest BCUT2D eigenvalue weighted by molar-refractivity contribution is 9.10. The summed E-state index contributed by atoms with van der Waals surface area (Å²) >= 11 is 16.1. The van der Waals surface area contributed by atoms with Gasteiger partial charge in [0, 0.05) is 16.0 Å². The molecule has 0 bridgehead atoms. The average molecular weight is 358 g/mol. The molecule has 1 aromatic carbocycles. The third kappa shape index (κ3) is 2.51. The molecule has 2 nitrogen and oxygen atoms in total. The summed E-state index contributed by atoms with van der Waals surface area (Å²) < 4.78 is 0.929. The van der Waals surface area contributed by atoms with Crippen molar-refractivity contribution >= 4 is 39.1 Å². The SMILES string of the molecule is Clc1nc(C2CCC2)nc(Cl)c1-c1ccccc1Br. The number of hydrogen-bond donors (Lipinski definition) is 0. The van der Waals surface area contributed by atoms with E-state index in [-0.39, 0.29) is 0 Å². The molecule has 1 heterocycles. The number of aromatic nitrogens is 2. The summed E-state index contributed by atoms with van der Waals surface area (Å²) in [6.07, 6.45) is 3.48. The predicted octanol–water partition coefficient (Wildman–Crippen LogP) is 5.48. The third-order valence-corrected chi connectivity index (χ3v) is 4.69. The standard InChI is InChI=1S/C14H11BrCl2N2/c15-10-7-2-1-6-9(10)11-12(16)18-14(19-13(11)17)8-4-3-5-8/h1-2,6-8H,3-5H2. The van der Waals surface area contributed by atoms with Gasteiger partial charge >= 0.3 is 0 Å². The van der Waals surface area contributed by atoms with Gasteiger partial charge in [0.05, 0.1) is 5.56 Å². The minimum atomic E-state index is 0.420. The Labute approximate surface area is 130 Å². The molecule has 0 atom stereocenters. The van der Waals surface area contributed by atoms with Gasteiger partial charge in [-0.05, 0) is 18.9 Å². The van der Waals surface area contributed by atoms with Crippen molar-refractivity contribution in [3.63, 3.8) is 0 Å². The van der Waals surface area contributed by atoms with E-state index in [1.807, 2.05) is 24.3 Å². The maximum Gasteiger partial charge on any atom is 0.142 e. The molecule has 3 rings (SSSR count). The first-order valence-corrected chi connectivity index (χ1v) is 7.69. The number of hydrogen-bond acceptors (Lipinski definition) is 2. The van der Waals surface area contributed by atoms with Crippen LogP contribution >= 0.6 is 39.1 Å². The summed E-state index contributed by atoms with van der Waals surface area (Å²) in [5, 5.41) is 0.850. The molecule has 0 N–H and O–H groups in total. The average Bonchev–Trinajstić information content (AvgIpc) is 2.28. The minimum Gasteiger partial charge on any atom is -0.220 e. The fourth-order valence-corrected chi connectivity index (χ4v) is 3.25. The van der Waals surface area contributed by atoms with Crippen LogP contribution in [0, 0.1) is 0 Å². The van der Waals surface area contributed by atoms with Crippen molar-refractivity contribution < 1.29 is 0 Å². The fourth-order valence-electron chi connectivity index (χ4n) is 2.16. The number of rotatable bonds is 2. The maximum absolute atomic E-state index is 6.31. The highest BCUT2D eigenvalue weighted by Gasteiger charge is 2.25. The van der Waals surface area contributed by atoms with Crippen molar-refractivity contribution in [2.24, 2.45) is 0 Å². The Balaban J connectivity index is 2.10. The summed E-state index contributed by atoms with van der Waals surface area (Å²) in [5.74, 6) is 1.19. The Hall–Kier alpha value is -0.640. The summed E-state index contributed by atoms with van der Waals surface area (Å²) in [4.78, 5) is 8.85. The molecule has 19 heavy (non-hydrogen) atoms. The summed E-state index contributed by atoms with van der Waals surface area (Å²) in [5.41, 5.74) is 1.61. The van der Waals surface area contributed by atoms with Gasteiger partial charge in [0.15, 0.2) is 0 Å². The second-order valence-corrected chi connectivity index (χ2v) is 6.22. The molecular weight excluding hydrogens is 347 g/mol. The number of nitrogens with zero attached hydrogens (tertiary/aromatic N) is 2. The number of halogens is 3. The van der Waals surface area contributed by atoms with Crippen molar-refractivity contribution in [1.82, 2.24) is 9.97 Å². The third-order valence-electron chi connectivity index (χ3n) is 3.45. The lowest BCUT2D eigenvalue weighted by atomic mass is 9.85. The van der Waals surface area contributed by atoms with Crippen molar-refractivity contribution in [3.05, 3.63) is 44.9 Å². The van der Waals surface area contributed by atoms with Crippen LogP contribution in [-0.2, 0) is 0 Å². The molecule has 0 amide bonds. The zero-order valence-electron chi connectivity index (χ0n) is 10.0. The molecule has 1 fully saturated rings. The van der Waals surface area contributed by atoms with E-state index in [1.54, 1.807) is 0 Å². The van der Waals surface area contributed by atoms with Gasteiger partial charge < -0.3 is 0 Å². The molecule has 0 spiro atoms. The van der Waals surface area contributed by atoms with Gasteiger partial charge in [0.1, 0.15) is 16.1 Å². The highest BCUT2D eigenvalue weighted by Crippen LogP contribution is 2.40. The summed E-state index contributed by atoms with van der Waals surface area (Å²) in [6, 6.07) is 7.77. The lowest BCUT2D eigenvalue weighted by molar-refractivity contribution is 0.401. The van der Waals surface area contributed by atoms with Crippen LogP contribution < -0.4 is 0 Å². The van der Waals surface area contributed by atoms with E-state index in [9.17, 15) is 0 Å². The van der Waals surface area contributed by atoms with E-state index in [0.29, 0.717) is 21.8 Å². The van der Waals surface area contributed by atoms with Crippen LogP contribution in [0.4, 0.5) is 0 Å². The van der Waals surface area contributed by atoms with Crippen molar-refractivity contribution in [2.45, 2.75) is 25.2 Å². The Morgan fingerprint density at radius 1 is 1.05 bits per heavy atom. The molecule has 2 aromatic rings. The Morgan fingerprint density at radius 3 is 2.21 bits per heavy atom. The van der Waals surface area contributed by atoms with Gasteiger partial charge in [-0.2, -0.15) is 0 Å². The Morgan fingerprint density at radius 2 is 1.68 bits per heavy atom. The second kappa shape index (κ2) is 5.39. The molecule has 0 unspecified atom stereocenters. The van der Waals surface area contributed by atoms with Crippen LogP contribution in [0.2, 0.25) is 10.3 Å². The van der Waals surface area contributed by atoms with E-state index in [0.717, 1.165) is 28.7 Å². The van der Waals surface area contributed by atoms with E-state index < -0.39 is 0 Å². The van der Waals surface area contributed by atoms with Crippen LogP contribution in [0.5, 0.6) is 0 Å². The molecule has 1 aromatic heterocycles. The minimum absolute atomic E-state index is 0.420. The fraction of sp³-hybridized carbons (Fsp3) is 0.286. The largest absolute Gasteiger partial charge is 0.220 e. The zero-order chi connectivity index (χ0) is 13.4. The van der Waals surface area contributed by atoms with E-state index >= 15 is 0 Å². The topological polar surface area (TPSA) is 25.8 Å². The van der Waals surface area contributed by atoms with Crippen molar-refractivity contribution in [3.8, 4) is 11.1 Å². The van der Waals surface area contributed by atoms with E-state index in [1.165, 1.54) is 6.42 Å². The molecule has 0 aliphatic heterocycles. The van der Waals surface area contributed by atoms with Gasteiger partial charge in [0.2, 0.25) is 0 Å². The Bertz CT molecular complexity index is 604. The predicted molar refractivity (Wildman–Crippen MR) is 81.8 cm³/mol. The van der Waals surface area contributed by atoms with Crippen LogP contribution in [0.15, 0.2) is 28.7 Å². The van der Waals surface area contributed by atoms with Gasteiger partial charge in [-0.1, -0.05) is 63.8 Å². The molecule has 1 saturated carbocycles. The smallest absolute Gasteiger partial charge is 0.142 e. The van der Waals surface area contributed by atoms with Gasteiger partial charge in [-0.25, -0.2) is 9.97 Å². The molecule has 1 aliphatic carbocycles. The first-order valence-electron chi connectivity index (χ1n) is 6.14. The lowest BCUT2D eigenvalue weighted by Crippen LogP contribution is -2.13. The van der Waals surface area contributed by atoms with Crippen LogP contribution in [0.1, 0.15) is 31.0 Å². The maximum atomic E-state index is 6.31. The molecule has 98 valence electrons. The Kier molecular flexibility index (Phi) is 3.79. The van der Waals surface area contributed by atoms with E-state index in [4.69, 9.17) is 23.2 Å². The molecule has 0 saturated heterocycles. The van der Waals surface area contributed by atoms with Gasteiger partial charge in [0.25, 0.3) is 0 Å². The summed E-state index contributed by atoms with van der Waals surface area (Å²) in [6.45, 7) is 0. The van der Waals surface area contributed by atoms with Crippen molar-refractivity contribution in [1.29, 1.82) is 0 Å². The first kappa shape index (κ1) is 13.3. The molecule has 0 radical (unpaired) electrons. The number of benzene rings is 1. The highest BCUT2D eigenvalue weighted by atomic mass is 79.9. The zero-order valence-corrected chi connectivity index (χ0v) is 13.1. The normalized spacial score (nSPS) is 15.3.